The van der Waals surface area contributed by atoms with Gasteiger partial charge in [0.1, 0.15) is 0 Å². The Kier molecular flexibility index (Phi) is 2.42. The SMILES string of the molecule is CC1(C)CCC(O)CC1C(=O)O. The third-order valence-corrected chi connectivity index (χ3v) is 2.87. The number of carboxylic acid groups (broad SMARTS) is 1. The summed E-state index contributed by atoms with van der Waals surface area (Å²) in [4.78, 5) is 10.8. The Labute approximate surface area is 72.4 Å². The summed E-state index contributed by atoms with van der Waals surface area (Å²) in [7, 11) is 0. The maximum Gasteiger partial charge on any atom is 0.307 e. The van der Waals surface area contributed by atoms with Crippen molar-refractivity contribution in [3.8, 4) is 0 Å². The van der Waals surface area contributed by atoms with E-state index in [1.807, 2.05) is 13.8 Å². The van der Waals surface area contributed by atoms with E-state index in [4.69, 9.17) is 5.11 Å². The zero-order chi connectivity index (χ0) is 9.35. The predicted molar refractivity (Wildman–Crippen MR) is 44.8 cm³/mol. The van der Waals surface area contributed by atoms with Crippen molar-refractivity contribution in [2.75, 3.05) is 0 Å². The third-order valence-electron chi connectivity index (χ3n) is 2.87. The van der Waals surface area contributed by atoms with Gasteiger partial charge >= 0.3 is 5.97 Å². The average Bonchev–Trinajstić information content (AvgIpc) is 1.94. The summed E-state index contributed by atoms with van der Waals surface area (Å²) in [5, 5.41) is 18.2. The molecule has 3 nitrogen and oxygen atoms in total. The Balaban J connectivity index is 2.72. The molecule has 3 heteroatoms. The van der Waals surface area contributed by atoms with Crippen molar-refractivity contribution >= 4 is 5.97 Å². The third kappa shape index (κ3) is 1.78. The first-order valence-corrected chi connectivity index (χ1v) is 4.34. The molecule has 0 bridgehead atoms. The second kappa shape index (κ2) is 3.05. The van der Waals surface area contributed by atoms with Crippen molar-refractivity contribution in [1.29, 1.82) is 0 Å². The normalized spacial score (nSPS) is 34.6. The first kappa shape index (κ1) is 9.52. The smallest absolute Gasteiger partial charge is 0.307 e. The van der Waals surface area contributed by atoms with E-state index in [0.29, 0.717) is 6.42 Å². The zero-order valence-corrected chi connectivity index (χ0v) is 7.58. The van der Waals surface area contributed by atoms with Gasteiger partial charge in [0.15, 0.2) is 0 Å². The maximum absolute atomic E-state index is 10.8. The van der Waals surface area contributed by atoms with Gasteiger partial charge in [-0.15, -0.1) is 0 Å². The molecule has 1 rings (SSSR count). The number of aliphatic hydroxyl groups is 1. The van der Waals surface area contributed by atoms with E-state index in [1.165, 1.54) is 0 Å². The molecule has 0 spiro atoms. The van der Waals surface area contributed by atoms with Gasteiger partial charge in [-0.2, -0.15) is 0 Å². The first-order chi connectivity index (χ1) is 5.43. The van der Waals surface area contributed by atoms with Crippen LogP contribution in [0.1, 0.15) is 33.1 Å². The van der Waals surface area contributed by atoms with E-state index in [2.05, 4.69) is 0 Å². The van der Waals surface area contributed by atoms with Crippen molar-refractivity contribution in [2.24, 2.45) is 11.3 Å². The van der Waals surface area contributed by atoms with E-state index < -0.39 is 12.1 Å². The van der Waals surface area contributed by atoms with Gasteiger partial charge in [0.05, 0.1) is 12.0 Å². The number of hydrogen-bond acceptors (Lipinski definition) is 2. The molecule has 0 aromatic carbocycles. The fraction of sp³-hybridized carbons (Fsp3) is 0.889. The first-order valence-electron chi connectivity index (χ1n) is 4.34. The van der Waals surface area contributed by atoms with Gasteiger partial charge in [0.2, 0.25) is 0 Å². The lowest BCUT2D eigenvalue weighted by Gasteiger charge is -2.37. The lowest BCUT2D eigenvalue weighted by molar-refractivity contribution is -0.150. The van der Waals surface area contributed by atoms with Crippen molar-refractivity contribution in [1.82, 2.24) is 0 Å². The molecule has 70 valence electrons. The van der Waals surface area contributed by atoms with Gasteiger partial charge in [-0.05, 0) is 24.7 Å². The van der Waals surface area contributed by atoms with Crippen LogP contribution in [-0.4, -0.2) is 22.3 Å². The summed E-state index contributed by atoms with van der Waals surface area (Å²) in [6, 6.07) is 0. The minimum absolute atomic E-state index is 0.162. The van der Waals surface area contributed by atoms with Crippen molar-refractivity contribution < 1.29 is 15.0 Å². The zero-order valence-electron chi connectivity index (χ0n) is 7.58. The molecule has 2 atom stereocenters. The standard InChI is InChI=1S/C9H16O3/c1-9(2)4-3-6(10)5-7(9)8(11)12/h6-7,10H,3-5H2,1-2H3,(H,11,12). The van der Waals surface area contributed by atoms with Crippen LogP contribution in [0.3, 0.4) is 0 Å². The highest BCUT2D eigenvalue weighted by atomic mass is 16.4. The second-order valence-electron chi connectivity index (χ2n) is 4.31. The Morgan fingerprint density at radius 3 is 2.50 bits per heavy atom. The van der Waals surface area contributed by atoms with Crippen LogP contribution in [0.2, 0.25) is 0 Å². The van der Waals surface area contributed by atoms with Crippen molar-refractivity contribution in [3.05, 3.63) is 0 Å². The Morgan fingerprint density at radius 2 is 2.08 bits per heavy atom. The van der Waals surface area contributed by atoms with Crippen LogP contribution in [0.4, 0.5) is 0 Å². The summed E-state index contributed by atoms with van der Waals surface area (Å²) in [6.07, 6.45) is 1.52. The molecule has 1 saturated carbocycles. The molecular formula is C9H16O3. The van der Waals surface area contributed by atoms with E-state index in [1.54, 1.807) is 0 Å². The number of carboxylic acids is 1. The number of aliphatic carboxylic acids is 1. The Morgan fingerprint density at radius 1 is 1.50 bits per heavy atom. The topological polar surface area (TPSA) is 57.5 Å². The summed E-state index contributed by atoms with van der Waals surface area (Å²) >= 11 is 0. The summed E-state index contributed by atoms with van der Waals surface area (Å²) in [5.74, 6) is -1.17. The Hall–Kier alpha value is -0.570. The number of hydrogen-bond donors (Lipinski definition) is 2. The molecule has 0 heterocycles. The molecular weight excluding hydrogens is 156 g/mol. The molecule has 1 aliphatic carbocycles. The molecule has 0 aromatic rings. The molecule has 1 aliphatic rings. The largest absolute Gasteiger partial charge is 0.481 e. The molecule has 12 heavy (non-hydrogen) atoms. The van der Waals surface area contributed by atoms with Gasteiger partial charge in [-0.25, -0.2) is 0 Å². The molecule has 1 fully saturated rings. The molecule has 0 amide bonds. The quantitative estimate of drug-likeness (QED) is 0.626. The lowest BCUT2D eigenvalue weighted by Crippen LogP contribution is -2.38. The van der Waals surface area contributed by atoms with E-state index in [9.17, 15) is 9.90 Å². The summed E-state index contributed by atoms with van der Waals surface area (Å²) in [6.45, 7) is 3.91. The van der Waals surface area contributed by atoms with E-state index >= 15 is 0 Å². The minimum Gasteiger partial charge on any atom is -0.481 e. The fourth-order valence-electron chi connectivity index (χ4n) is 1.86. The van der Waals surface area contributed by atoms with Crippen LogP contribution in [0.15, 0.2) is 0 Å². The molecule has 2 N–H and O–H groups in total. The molecule has 0 aliphatic heterocycles. The van der Waals surface area contributed by atoms with Crippen molar-refractivity contribution in [3.63, 3.8) is 0 Å². The van der Waals surface area contributed by atoms with Crippen LogP contribution in [0.5, 0.6) is 0 Å². The molecule has 0 radical (unpaired) electrons. The summed E-state index contributed by atoms with van der Waals surface area (Å²) in [5.41, 5.74) is -0.162. The fourth-order valence-corrected chi connectivity index (χ4v) is 1.86. The van der Waals surface area contributed by atoms with Crippen LogP contribution < -0.4 is 0 Å². The highest BCUT2D eigenvalue weighted by Crippen LogP contribution is 2.40. The lowest BCUT2D eigenvalue weighted by atomic mass is 9.68. The van der Waals surface area contributed by atoms with E-state index in [0.717, 1.165) is 12.8 Å². The molecule has 0 saturated heterocycles. The van der Waals surface area contributed by atoms with Crippen LogP contribution in [0, 0.1) is 11.3 Å². The number of aliphatic hydroxyl groups excluding tert-OH is 1. The van der Waals surface area contributed by atoms with E-state index in [-0.39, 0.29) is 11.3 Å². The van der Waals surface area contributed by atoms with Gasteiger partial charge in [-0.3, -0.25) is 4.79 Å². The Bertz CT molecular complexity index is 186. The van der Waals surface area contributed by atoms with Gasteiger partial charge in [0, 0.05) is 0 Å². The maximum atomic E-state index is 10.8. The van der Waals surface area contributed by atoms with Gasteiger partial charge in [-0.1, -0.05) is 13.8 Å². The predicted octanol–water partition coefficient (Wildman–Crippen LogP) is 1.26. The summed E-state index contributed by atoms with van der Waals surface area (Å²) < 4.78 is 0. The van der Waals surface area contributed by atoms with Crippen LogP contribution in [0.25, 0.3) is 0 Å². The van der Waals surface area contributed by atoms with Crippen molar-refractivity contribution in [2.45, 2.75) is 39.2 Å². The van der Waals surface area contributed by atoms with Gasteiger partial charge in [0.25, 0.3) is 0 Å². The van der Waals surface area contributed by atoms with Crippen LogP contribution >= 0.6 is 0 Å². The minimum atomic E-state index is -0.779. The second-order valence-corrected chi connectivity index (χ2v) is 4.31. The number of carbonyl (C=O) groups is 1. The average molecular weight is 172 g/mol. The number of rotatable bonds is 1. The molecule has 0 aromatic heterocycles. The monoisotopic (exact) mass is 172 g/mol. The van der Waals surface area contributed by atoms with Crippen LogP contribution in [-0.2, 0) is 4.79 Å². The van der Waals surface area contributed by atoms with Gasteiger partial charge < -0.3 is 10.2 Å². The highest BCUT2D eigenvalue weighted by Gasteiger charge is 2.40. The highest BCUT2D eigenvalue weighted by molar-refractivity contribution is 5.71. The molecule has 2 unspecified atom stereocenters.